The van der Waals surface area contributed by atoms with Gasteiger partial charge >= 0.3 is 0 Å². The summed E-state index contributed by atoms with van der Waals surface area (Å²) < 4.78 is 0. The van der Waals surface area contributed by atoms with Crippen LogP contribution < -0.4 is 15.5 Å². The summed E-state index contributed by atoms with van der Waals surface area (Å²) in [6.45, 7) is 2.64. The molecule has 35 heavy (non-hydrogen) atoms. The van der Waals surface area contributed by atoms with E-state index in [9.17, 15) is 9.90 Å². The van der Waals surface area contributed by atoms with Crippen LogP contribution in [0.4, 0.5) is 11.4 Å². The van der Waals surface area contributed by atoms with Crippen LogP contribution in [-0.2, 0) is 0 Å². The van der Waals surface area contributed by atoms with Crippen molar-refractivity contribution in [3.05, 3.63) is 78.4 Å². The summed E-state index contributed by atoms with van der Waals surface area (Å²) in [7, 11) is 0. The molecule has 182 valence electrons. The van der Waals surface area contributed by atoms with Crippen molar-refractivity contribution in [2.45, 2.75) is 12.8 Å². The van der Waals surface area contributed by atoms with Crippen LogP contribution in [-0.4, -0.2) is 54.7 Å². The first kappa shape index (κ1) is 24.8. The zero-order valence-corrected chi connectivity index (χ0v) is 20.5. The molecular formula is C28H31ClN4O2. The number of nitrogens with zero attached hydrogens (tertiary/aromatic N) is 2. The molecule has 1 heterocycles. The molecule has 4 rings (SSSR count). The quantitative estimate of drug-likeness (QED) is 0.147. The van der Waals surface area contributed by atoms with E-state index < -0.39 is 0 Å². The van der Waals surface area contributed by atoms with Gasteiger partial charge in [-0.15, -0.1) is 11.6 Å². The van der Waals surface area contributed by atoms with Crippen LogP contribution in [0.15, 0.2) is 72.8 Å². The number of halogens is 1. The summed E-state index contributed by atoms with van der Waals surface area (Å²) >= 11 is 5.85. The van der Waals surface area contributed by atoms with Gasteiger partial charge in [-0.1, -0.05) is 36.4 Å². The van der Waals surface area contributed by atoms with Gasteiger partial charge in [0.1, 0.15) is 0 Å². The number of unbranched alkanes of at least 4 members (excludes halogenated alkanes) is 1. The van der Waals surface area contributed by atoms with Gasteiger partial charge in [0.15, 0.2) is 0 Å². The molecule has 4 aromatic rings. The van der Waals surface area contributed by atoms with E-state index in [0.29, 0.717) is 31.1 Å². The van der Waals surface area contributed by atoms with Gasteiger partial charge in [-0.05, 0) is 49.2 Å². The molecule has 0 aliphatic rings. The maximum absolute atomic E-state index is 12.5. The number of amides is 1. The van der Waals surface area contributed by atoms with Gasteiger partial charge in [0.2, 0.25) is 0 Å². The number of para-hydroxylation sites is 2. The molecular weight excluding hydrogens is 460 g/mol. The minimum atomic E-state index is -0.0818. The molecule has 0 aliphatic carbocycles. The molecule has 0 radical (unpaired) electrons. The third kappa shape index (κ3) is 6.21. The molecule has 0 spiro atoms. The zero-order valence-electron chi connectivity index (χ0n) is 19.7. The van der Waals surface area contributed by atoms with Crippen LogP contribution >= 0.6 is 11.6 Å². The molecule has 0 saturated heterocycles. The Bertz CT molecular complexity index is 1200. The second kappa shape index (κ2) is 12.4. The van der Waals surface area contributed by atoms with Gasteiger partial charge in [0.05, 0.1) is 23.3 Å². The molecule has 0 saturated carbocycles. The van der Waals surface area contributed by atoms with Gasteiger partial charge in [0.25, 0.3) is 5.91 Å². The smallest absolute Gasteiger partial charge is 0.251 e. The second-order valence-corrected chi connectivity index (χ2v) is 8.74. The molecule has 0 bridgehead atoms. The number of carbonyl (C=O) groups excluding carboxylic acids is 1. The van der Waals surface area contributed by atoms with Crippen molar-refractivity contribution in [2.24, 2.45) is 0 Å². The largest absolute Gasteiger partial charge is 0.395 e. The lowest BCUT2D eigenvalue weighted by Gasteiger charge is -2.23. The summed E-state index contributed by atoms with van der Waals surface area (Å²) in [5.74, 6) is 0.395. The highest BCUT2D eigenvalue weighted by atomic mass is 35.5. The minimum absolute atomic E-state index is 0.0571. The fourth-order valence-electron chi connectivity index (χ4n) is 4.21. The second-order valence-electron chi connectivity index (χ2n) is 8.36. The Kier molecular flexibility index (Phi) is 8.76. The van der Waals surface area contributed by atoms with Crippen molar-refractivity contribution < 1.29 is 9.90 Å². The summed E-state index contributed by atoms with van der Waals surface area (Å²) in [5, 5.41) is 18.1. The van der Waals surface area contributed by atoms with Gasteiger partial charge in [-0.3, -0.25) is 4.79 Å². The third-order valence-corrected chi connectivity index (χ3v) is 6.17. The predicted molar refractivity (Wildman–Crippen MR) is 146 cm³/mol. The van der Waals surface area contributed by atoms with Crippen molar-refractivity contribution >= 4 is 50.7 Å². The van der Waals surface area contributed by atoms with Gasteiger partial charge in [0, 0.05) is 54.1 Å². The SMILES string of the molecule is O=C(NCCCCNc1c2ccccc2nc2ccccc12)c1ccc(N(CCO)CCCl)cc1. The number of fused-ring (bicyclic) bond motifs is 2. The molecule has 0 aliphatic heterocycles. The topological polar surface area (TPSA) is 77.5 Å². The van der Waals surface area contributed by atoms with Crippen molar-refractivity contribution in [1.29, 1.82) is 0 Å². The number of aromatic nitrogens is 1. The van der Waals surface area contributed by atoms with Crippen molar-refractivity contribution in [2.75, 3.05) is 48.9 Å². The van der Waals surface area contributed by atoms with E-state index in [0.717, 1.165) is 52.6 Å². The Balaban J connectivity index is 1.27. The monoisotopic (exact) mass is 490 g/mol. The zero-order chi connectivity index (χ0) is 24.5. The number of benzene rings is 3. The van der Waals surface area contributed by atoms with Gasteiger partial charge in [-0.2, -0.15) is 0 Å². The maximum Gasteiger partial charge on any atom is 0.251 e. The van der Waals surface area contributed by atoms with Crippen LogP contribution in [0, 0.1) is 0 Å². The number of hydrogen-bond donors (Lipinski definition) is 3. The fourth-order valence-corrected chi connectivity index (χ4v) is 4.42. The lowest BCUT2D eigenvalue weighted by atomic mass is 10.1. The van der Waals surface area contributed by atoms with Crippen LogP contribution in [0.1, 0.15) is 23.2 Å². The molecule has 1 aromatic heterocycles. The first-order chi connectivity index (χ1) is 17.2. The Morgan fingerprint density at radius 2 is 1.49 bits per heavy atom. The number of aliphatic hydroxyl groups is 1. The maximum atomic E-state index is 12.5. The highest BCUT2D eigenvalue weighted by Crippen LogP contribution is 2.30. The Morgan fingerprint density at radius 3 is 2.11 bits per heavy atom. The highest BCUT2D eigenvalue weighted by Gasteiger charge is 2.10. The van der Waals surface area contributed by atoms with Gasteiger partial charge in [-0.25, -0.2) is 4.98 Å². The molecule has 3 N–H and O–H groups in total. The molecule has 6 nitrogen and oxygen atoms in total. The summed E-state index contributed by atoms with van der Waals surface area (Å²) in [6.07, 6.45) is 1.80. The fraction of sp³-hybridized carbons (Fsp3) is 0.286. The molecule has 0 fully saturated rings. The van der Waals surface area contributed by atoms with E-state index in [4.69, 9.17) is 16.6 Å². The first-order valence-corrected chi connectivity index (χ1v) is 12.6. The highest BCUT2D eigenvalue weighted by molar-refractivity contribution is 6.18. The molecule has 7 heteroatoms. The van der Waals surface area contributed by atoms with Gasteiger partial charge < -0.3 is 20.6 Å². The van der Waals surface area contributed by atoms with Crippen LogP contribution in [0.25, 0.3) is 21.8 Å². The summed E-state index contributed by atoms with van der Waals surface area (Å²) in [4.78, 5) is 19.3. The molecule has 0 atom stereocenters. The summed E-state index contributed by atoms with van der Waals surface area (Å²) in [6, 6.07) is 23.8. The van der Waals surface area contributed by atoms with E-state index in [-0.39, 0.29) is 12.5 Å². The minimum Gasteiger partial charge on any atom is -0.395 e. The van der Waals surface area contributed by atoms with Crippen molar-refractivity contribution in [3.8, 4) is 0 Å². The third-order valence-electron chi connectivity index (χ3n) is 6.00. The number of carbonyl (C=O) groups is 1. The van der Waals surface area contributed by atoms with E-state index >= 15 is 0 Å². The lowest BCUT2D eigenvalue weighted by molar-refractivity contribution is 0.0953. The van der Waals surface area contributed by atoms with Crippen LogP contribution in [0.2, 0.25) is 0 Å². The van der Waals surface area contributed by atoms with Crippen molar-refractivity contribution in [3.63, 3.8) is 0 Å². The number of rotatable bonds is 12. The number of alkyl halides is 1. The number of hydrogen-bond acceptors (Lipinski definition) is 5. The average Bonchev–Trinajstić information content (AvgIpc) is 2.90. The summed E-state index contributed by atoms with van der Waals surface area (Å²) in [5.41, 5.74) is 4.64. The standard InChI is InChI=1S/C28H31ClN4O2/c29-15-18-33(19-20-34)22-13-11-21(12-14-22)28(35)31-17-6-5-16-30-27-23-7-1-3-9-25(23)32-26-10-4-2-8-24(26)27/h1-4,7-14,34H,5-6,15-20H2,(H,30,32)(H,31,35). The van der Waals surface area contributed by atoms with E-state index in [1.54, 1.807) is 0 Å². The van der Waals surface area contributed by atoms with E-state index in [1.165, 1.54) is 0 Å². The van der Waals surface area contributed by atoms with E-state index in [1.807, 2.05) is 65.6 Å². The number of anilines is 2. The molecule has 0 unspecified atom stereocenters. The van der Waals surface area contributed by atoms with E-state index in [2.05, 4.69) is 22.8 Å². The normalized spacial score (nSPS) is 11.0. The Morgan fingerprint density at radius 1 is 0.857 bits per heavy atom. The number of aliphatic hydroxyl groups excluding tert-OH is 1. The van der Waals surface area contributed by atoms with Crippen molar-refractivity contribution in [1.82, 2.24) is 10.3 Å². The van der Waals surface area contributed by atoms with Crippen LogP contribution in [0.3, 0.4) is 0 Å². The number of nitrogens with one attached hydrogen (secondary N) is 2. The van der Waals surface area contributed by atoms with Crippen LogP contribution in [0.5, 0.6) is 0 Å². The Labute approximate surface area is 210 Å². The average molecular weight is 491 g/mol. The lowest BCUT2D eigenvalue weighted by Crippen LogP contribution is -2.29. The molecule has 3 aromatic carbocycles. The predicted octanol–water partition coefficient (Wildman–Crippen LogP) is 5.05. The number of pyridine rings is 1. The Hall–Kier alpha value is -3.35. The molecule has 1 amide bonds. The first-order valence-electron chi connectivity index (χ1n) is 12.0.